The number of nitrogens with one attached hydrogen (secondary N) is 1. The van der Waals surface area contributed by atoms with Crippen LogP contribution in [0.25, 0.3) is 0 Å². The fraction of sp³-hybridized carbons (Fsp3) is 0.688. The first-order valence-corrected chi connectivity index (χ1v) is 7.45. The molecule has 1 unspecified atom stereocenters. The number of aryl methyl sites for hydroxylation is 1. The van der Waals surface area contributed by atoms with Crippen molar-refractivity contribution in [2.75, 3.05) is 7.05 Å². The minimum Gasteiger partial charge on any atom is -0.317 e. The fourth-order valence-corrected chi connectivity index (χ4v) is 3.07. The molecule has 1 fully saturated rings. The first-order valence-electron chi connectivity index (χ1n) is 7.45. The molecule has 1 atom stereocenters. The zero-order chi connectivity index (χ0) is 12.6. The van der Waals surface area contributed by atoms with Crippen molar-refractivity contribution in [3.8, 4) is 0 Å². The minimum absolute atomic E-state index is 0.662. The van der Waals surface area contributed by atoms with Crippen molar-refractivity contribution in [3.05, 3.63) is 30.1 Å². The maximum atomic E-state index is 4.40. The molecule has 100 valence electrons. The number of nitrogens with zero attached hydrogens (tertiary/aromatic N) is 1. The molecule has 0 amide bonds. The van der Waals surface area contributed by atoms with Gasteiger partial charge in [-0.2, -0.15) is 0 Å². The standard InChI is InChI=1S/C16H26N2/c1-17-16(13-14-7-3-2-4-8-14)11-10-15-9-5-6-12-18-15/h5-6,9,12,14,16-17H,2-4,7-8,10-11,13H2,1H3. The predicted molar refractivity (Wildman–Crippen MR) is 76.6 cm³/mol. The topological polar surface area (TPSA) is 24.9 Å². The van der Waals surface area contributed by atoms with Gasteiger partial charge in [-0.25, -0.2) is 0 Å². The normalized spacial score (nSPS) is 18.7. The van der Waals surface area contributed by atoms with Crippen LogP contribution in [-0.4, -0.2) is 18.1 Å². The van der Waals surface area contributed by atoms with Crippen LogP contribution in [0.5, 0.6) is 0 Å². The lowest BCUT2D eigenvalue weighted by Gasteiger charge is -2.26. The Morgan fingerprint density at radius 1 is 1.28 bits per heavy atom. The van der Waals surface area contributed by atoms with E-state index in [4.69, 9.17) is 0 Å². The molecule has 0 bridgehead atoms. The van der Waals surface area contributed by atoms with E-state index >= 15 is 0 Å². The Morgan fingerprint density at radius 2 is 2.11 bits per heavy atom. The van der Waals surface area contributed by atoms with Gasteiger partial charge in [-0.1, -0.05) is 38.2 Å². The fourth-order valence-electron chi connectivity index (χ4n) is 3.07. The largest absolute Gasteiger partial charge is 0.317 e. The Balaban J connectivity index is 1.74. The Bertz CT molecular complexity index is 317. The van der Waals surface area contributed by atoms with Crippen LogP contribution in [0.15, 0.2) is 24.4 Å². The van der Waals surface area contributed by atoms with E-state index in [9.17, 15) is 0 Å². The van der Waals surface area contributed by atoms with Crippen LogP contribution in [0.2, 0.25) is 0 Å². The first-order chi connectivity index (χ1) is 8.88. The van der Waals surface area contributed by atoms with E-state index in [1.165, 1.54) is 50.6 Å². The summed E-state index contributed by atoms with van der Waals surface area (Å²) in [5.41, 5.74) is 1.22. The smallest absolute Gasteiger partial charge is 0.0404 e. The molecule has 0 saturated heterocycles. The van der Waals surface area contributed by atoms with Crippen molar-refractivity contribution in [2.24, 2.45) is 5.92 Å². The van der Waals surface area contributed by atoms with E-state index in [2.05, 4.69) is 29.5 Å². The van der Waals surface area contributed by atoms with Crippen molar-refractivity contribution in [3.63, 3.8) is 0 Å². The molecular formula is C16H26N2. The summed E-state index contributed by atoms with van der Waals surface area (Å²) < 4.78 is 0. The minimum atomic E-state index is 0.662. The lowest BCUT2D eigenvalue weighted by molar-refractivity contribution is 0.297. The zero-order valence-corrected chi connectivity index (χ0v) is 11.6. The molecule has 0 radical (unpaired) electrons. The van der Waals surface area contributed by atoms with Gasteiger partial charge in [0.2, 0.25) is 0 Å². The van der Waals surface area contributed by atoms with Crippen molar-refractivity contribution >= 4 is 0 Å². The van der Waals surface area contributed by atoms with Gasteiger partial charge in [-0.3, -0.25) is 4.98 Å². The lowest BCUT2D eigenvalue weighted by Crippen LogP contribution is -2.29. The highest BCUT2D eigenvalue weighted by Crippen LogP contribution is 2.28. The predicted octanol–water partition coefficient (Wildman–Crippen LogP) is 3.57. The van der Waals surface area contributed by atoms with Crippen LogP contribution in [0.1, 0.15) is 50.6 Å². The van der Waals surface area contributed by atoms with Crippen LogP contribution in [0.3, 0.4) is 0 Å². The molecule has 2 heteroatoms. The molecule has 0 aliphatic heterocycles. The Labute approximate surface area is 111 Å². The van der Waals surface area contributed by atoms with Crippen molar-refractivity contribution < 1.29 is 0 Å². The first kappa shape index (κ1) is 13.5. The Morgan fingerprint density at radius 3 is 2.78 bits per heavy atom. The number of rotatable bonds is 6. The van der Waals surface area contributed by atoms with Crippen LogP contribution in [-0.2, 0) is 6.42 Å². The Hall–Kier alpha value is -0.890. The van der Waals surface area contributed by atoms with Crippen LogP contribution in [0.4, 0.5) is 0 Å². The molecule has 2 rings (SSSR count). The number of hydrogen-bond acceptors (Lipinski definition) is 2. The van der Waals surface area contributed by atoms with Gasteiger partial charge in [0.05, 0.1) is 0 Å². The van der Waals surface area contributed by atoms with Crippen LogP contribution >= 0.6 is 0 Å². The summed E-state index contributed by atoms with van der Waals surface area (Å²) in [5, 5.41) is 3.49. The molecule has 0 aromatic carbocycles. The SMILES string of the molecule is CNC(CCc1ccccn1)CC1CCCCC1. The molecular weight excluding hydrogens is 220 g/mol. The summed E-state index contributed by atoms with van der Waals surface area (Å²) in [7, 11) is 2.10. The summed E-state index contributed by atoms with van der Waals surface area (Å²) in [5.74, 6) is 0.958. The van der Waals surface area contributed by atoms with E-state index in [0.29, 0.717) is 6.04 Å². The van der Waals surface area contributed by atoms with Gasteiger partial charge in [0.1, 0.15) is 0 Å². The third-order valence-electron chi connectivity index (χ3n) is 4.23. The number of pyridine rings is 1. The van der Waals surface area contributed by atoms with Gasteiger partial charge in [0.25, 0.3) is 0 Å². The van der Waals surface area contributed by atoms with E-state index in [-0.39, 0.29) is 0 Å². The van der Waals surface area contributed by atoms with Crippen molar-refractivity contribution in [2.45, 2.75) is 57.4 Å². The summed E-state index contributed by atoms with van der Waals surface area (Å²) >= 11 is 0. The van der Waals surface area contributed by atoms with Gasteiger partial charge in [0.15, 0.2) is 0 Å². The van der Waals surface area contributed by atoms with E-state index in [1.54, 1.807) is 0 Å². The summed E-state index contributed by atoms with van der Waals surface area (Å²) in [6.45, 7) is 0. The molecule has 2 nitrogen and oxygen atoms in total. The molecule has 1 aliphatic carbocycles. The third-order valence-corrected chi connectivity index (χ3v) is 4.23. The summed E-state index contributed by atoms with van der Waals surface area (Å²) in [4.78, 5) is 4.40. The Kier molecular flexibility index (Phi) is 5.66. The third kappa shape index (κ3) is 4.41. The summed E-state index contributed by atoms with van der Waals surface area (Å²) in [6.07, 6.45) is 12.8. The molecule has 1 aliphatic rings. The van der Waals surface area contributed by atoms with Crippen LogP contribution in [0, 0.1) is 5.92 Å². The van der Waals surface area contributed by atoms with Gasteiger partial charge >= 0.3 is 0 Å². The second kappa shape index (κ2) is 7.52. The monoisotopic (exact) mass is 246 g/mol. The van der Waals surface area contributed by atoms with Gasteiger partial charge in [-0.05, 0) is 44.4 Å². The maximum Gasteiger partial charge on any atom is 0.0404 e. The van der Waals surface area contributed by atoms with E-state index in [0.717, 1.165) is 12.3 Å². The van der Waals surface area contributed by atoms with Crippen LogP contribution < -0.4 is 5.32 Å². The van der Waals surface area contributed by atoms with E-state index < -0.39 is 0 Å². The highest BCUT2D eigenvalue weighted by molar-refractivity contribution is 5.03. The number of hydrogen-bond donors (Lipinski definition) is 1. The molecule has 0 spiro atoms. The average Bonchev–Trinajstić information content (AvgIpc) is 2.45. The van der Waals surface area contributed by atoms with Crippen molar-refractivity contribution in [1.82, 2.24) is 10.3 Å². The number of aromatic nitrogens is 1. The molecule has 18 heavy (non-hydrogen) atoms. The second-order valence-electron chi connectivity index (χ2n) is 5.59. The summed E-state index contributed by atoms with van der Waals surface area (Å²) in [6, 6.07) is 6.86. The lowest BCUT2D eigenvalue weighted by atomic mass is 9.84. The molecule has 1 heterocycles. The highest BCUT2D eigenvalue weighted by atomic mass is 14.9. The van der Waals surface area contributed by atoms with Gasteiger partial charge in [-0.15, -0.1) is 0 Å². The van der Waals surface area contributed by atoms with Gasteiger partial charge in [0, 0.05) is 17.9 Å². The second-order valence-corrected chi connectivity index (χ2v) is 5.59. The molecule has 1 saturated carbocycles. The zero-order valence-electron chi connectivity index (χ0n) is 11.6. The average molecular weight is 246 g/mol. The quantitative estimate of drug-likeness (QED) is 0.830. The highest BCUT2D eigenvalue weighted by Gasteiger charge is 2.17. The van der Waals surface area contributed by atoms with Crippen molar-refractivity contribution in [1.29, 1.82) is 0 Å². The van der Waals surface area contributed by atoms with E-state index in [1.807, 2.05) is 12.3 Å². The maximum absolute atomic E-state index is 4.40. The van der Waals surface area contributed by atoms with Gasteiger partial charge < -0.3 is 5.32 Å². The molecule has 1 aromatic heterocycles. The molecule has 1 aromatic rings. The molecule has 1 N–H and O–H groups in total.